The Morgan fingerprint density at radius 1 is 0.911 bits per heavy atom. The van der Waals surface area contributed by atoms with Crippen molar-refractivity contribution in [2.45, 2.75) is 63.0 Å². The Kier molecular flexibility index (Phi) is 9.01. The van der Waals surface area contributed by atoms with Crippen LogP contribution in [0, 0.1) is 17.8 Å². The van der Waals surface area contributed by atoms with Gasteiger partial charge >= 0.3 is 5.97 Å². The van der Waals surface area contributed by atoms with Crippen LogP contribution in [-0.2, 0) is 19.0 Å². The van der Waals surface area contributed by atoms with Gasteiger partial charge in [0.05, 0.1) is 46.1 Å². The molecule has 0 spiro atoms. The minimum atomic E-state index is -1.63. The molecule has 0 amide bonds. The summed E-state index contributed by atoms with van der Waals surface area (Å²) in [7, 11) is 3.08. The first kappa shape index (κ1) is 31.6. The van der Waals surface area contributed by atoms with Crippen molar-refractivity contribution in [2.75, 3.05) is 40.8 Å². The summed E-state index contributed by atoms with van der Waals surface area (Å²) in [6.45, 7) is 4.10. The van der Waals surface area contributed by atoms with Crippen molar-refractivity contribution >= 4 is 5.97 Å². The van der Waals surface area contributed by atoms with Crippen LogP contribution >= 0.6 is 0 Å². The summed E-state index contributed by atoms with van der Waals surface area (Å²) < 4.78 is 46.7. The molecule has 2 aromatic carbocycles. The molecule has 0 saturated carbocycles. The van der Waals surface area contributed by atoms with E-state index in [0.717, 1.165) is 6.42 Å². The standard InChI is InChI=1S/C32H40O13/c1-14(2)5-6-40-30-21(38-3)7-15(8-22(30)39-4)24-16-9-19-20(43-13-42-19)10-17(16)29(18-12-41-31(37)25(18)24)45-32-28(36)27(35)26(34)23(11-33)44-32/h7-10,14,18,23-29,32-36H,5-6,11-13H2,1-4H3/t18-,23+,24+,25-,26+,27-,28+,29-,32-/m0/s1. The molecule has 2 saturated heterocycles. The predicted octanol–water partition coefficient (Wildman–Crippen LogP) is 1.65. The zero-order chi connectivity index (χ0) is 32.0. The lowest BCUT2D eigenvalue weighted by Crippen LogP contribution is -2.59. The monoisotopic (exact) mass is 632 g/mol. The van der Waals surface area contributed by atoms with E-state index in [1.807, 2.05) is 12.1 Å². The molecule has 6 rings (SSSR count). The first-order chi connectivity index (χ1) is 21.7. The number of fused-ring (bicyclic) bond motifs is 3. The highest BCUT2D eigenvalue weighted by molar-refractivity contribution is 5.79. The Morgan fingerprint density at radius 3 is 2.20 bits per heavy atom. The van der Waals surface area contributed by atoms with E-state index in [1.165, 1.54) is 14.2 Å². The van der Waals surface area contributed by atoms with Gasteiger partial charge in [-0.05, 0) is 53.3 Å². The van der Waals surface area contributed by atoms with E-state index in [2.05, 4.69) is 13.8 Å². The number of esters is 1. The van der Waals surface area contributed by atoms with Gasteiger partial charge < -0.3 is 58.3 Å². The summed E-state index contributed by atoms with van der Waals surface area (Å²) >= 11 is 0. The van der Waals surface area contributed by atoms with Crippen molar-refractivity contribution in [3.63, 3.8) is 0 Å². The minimum absolute atomic E-state index is 0.0140. The molecule has 3 heterocycles. The van der Waals surface area contributed by atoms with E-state index in [4.69, 9.17) is 37.9 Å². The van der Waals surface area contributed by atoms with Gasteiger partial charge in [0.2, 0.25) is 12.5 Å². The molecule has 45 heavy (non-hydrogen) atoms. The van der Waals surface area contributed by atoms with E-state index in [0.29, 0.717) is 58.0 Å². The number of carbonyl (C=O) groups is 1. The van der Waals surface area contributed by atoms with Crippen LogP contribution in [-0.4, -0.2) is 97.9 Å². The maximum absolute atomic E-state index is 13.5. The van der Waals surface area contributed by atoms with Crippen molar-refractivity contribution < 1.29 is 63.1 Å². The van der Waals surface area contributed by atoms with Crippen molar-refractivity contribution in [1.29, 1.82) is 0 Å². The van der Waals surface area contributed by atoms with E-state index in [1.54, 1.807) is 12.1 Å². The van der Waals surface area contributed by atoms with Gasteiger partial charge in [0.15, 0.2) is 29.3 Å². The second-order valence-corrected chi connectivity index (χ2v) is 12.2. The van der Waals surface area contributed by atoms with Gasteiger partial charge in [-0.3, -0.25) is 4.79 Å². The fourth-order valence-corrected chi connectivity index (χ4v) is 6.63. The highest BCUT2D eigenvalue weighted by Crippen LogP contribution is 2.57. The SMILES string of the molecule is COc1cc([C@@H]2c3cc4c(cc3[C@H](O[C@@H]3O[C@H](CO)[C@@H](O)[C@H](O)[C@H]3O)[C@H]3COC(=O)[C@H]23)OCO4)cc(OC)c1OCCC(C)C. The van der Waals surface area contributed by atoms with Crippen LogP contribution in [0.15, 0.2) is 24.3 Å². The molecule has 2 fully saturated rings. The molecule has 1 aliphatic carbocycles. The summed E-state index contributed by atoms with van der Waals surface area (Å²) in [5, 5.41) is 41.2. The van der Waals surface area contributed by atoms with Crippen molar-refractivity contribution in [3.8, 4) is 28.7 Å². The third-order valence-electron chi connectivity index (χ3n) is 9.03. The lowest BCUT2D eigenvalue weighted by atomic mass is 9.66. The normalized spacial score (nSPS) is 31.8. The summed E-state index contributed by atoms with van der Waals surface area (Å²) in [5.74, 6) is 0.456. The van der Waals surface area contributed by atoms with Gasteiger partial charge in [-0.15, -0.1) is 0 Å². The van der Waals surface area contributed by atoms with Crippen LogP contribution in [0.1, 0.15) is 49.0 Å². The first-order valence-electron chi connectivity index (χ1n) is 15.1. The number of carbonyl (C=O) groups excluding carboxylic acids is 1. The van der Waals surface area contributed by atoms with Gasteiger partial charge in [0.25, 0.3) is 0 Å². The second kappa shape index (κ2) is 12.8. The van der Waals surface area contributed by atoms with Gasteiger partial charge in [-0.25, -0.2) is 0 Å². The van der Waals surface area contributed by atoms with Crippen molar-refractivity contribution in [2.24, 2.45) is 17.8 Å². The molecule has 4 aliphatic rings. The average Bonchev–Trinajstić information content (AvgIpc) is 3.66. The summed E-state index contributed by atoms with van der Waals surface area (Å²) in [6, 6.07) is 7.23. The zero-order valence-corrected chi connectivity index (χ0v) is 25.6. The largest absolute Gasteiger partial charge is 0.493 e. The number of aliphatic hydroxyl groups excluding tert-OH is 4. The Hall–Kier alpha value is -3.33. The van der Waals surface area contributed by atoms with Crippen LogP contribution in [0.5, 0.6) is 28.7 Å². The molecule has 246 valence electrons. The predicted molar refractivity (Wildman–Crippen MR) is 154 cm³/mol. The quantitative estimate of drug-likeness (QED) is 0.279. The highest BCUT2D eigenvalue weighted by atomic mass is 16.7. The highest BCUT2D eigenvalue weighted by Gasteiger charge is 2.55. The van der Waals surface area contributed by atoms with Crippen LogP contribution in [0.3, 0.4) is 0 Å². The summed E-state index contributed by atoms with van der Waals surface area (Å²) in [4.78, 5) is 13.5. The minimum Gasteiger partial charge on any atom is -0.493 e. The third kappa shape index (κ3) is 5.66. The zero-order valence-electron chi connectivity index (χ0n) is 25.6. The maximum Gasteiger partial charge on any atom is 0.310 e. The molecular weight excluding hydrogens is 592 g/mol. The lowest BCUT2D eigenvalue weighted by molar-refractivity contribution is -0.317. The van der Waals surface area contributed by atoms with Crippen LogP contribution in [0.25, 0.3) is 0 Å². The average molecular weight is 633 g/mol. The van der Waals surface area contributed by atoms with Crippen molar-refractivity contribution in [1.82, 2.24) is 0 Å². The third-order valence-corrected chi connectivity index (χ3v) is 9.03. The topological polar surface area (TPSA) is 172 Å². The number of hydrogen-bond acceptors (Lipinski definition) is 13. The maximum atomic E-state index is 13.5. The molecule has 3 aliphatic heterocycles. The molecule has 0 unspecified atom stereocenters. The Balaban J connectivity index is 1.44. The Morgan fingerprint density at radius 2 is 1.58 bits per heavy atom. The molecule has 13 heteroatoms. The molecule has 0 aromatic heterocycles. The van der Waals surface area contributed by atoms with Crippen molar-refractivity contribution in [3.05, 3.63) is 41.0 Å². The second-order valence-electron chi connectivity index (χ2n) is 12.2. The van der Waals surface area contributed by atoms with E-state index >= 15 is 0 Å². The molecule has 13 nitrogen and oxygen atoms in total. The van der Waals surface area contributed by atoms with E-state index < -0.39 is 67.1 Å². The fraction of sp³-hybridized carbons (Fsp3) is 0.594. The van der Waals surface area contributed by atoms with Crippen LogP contribution < -0.4 is 23.7 Å². The molecule has 0 radical (unpaired) electrons. The molecule has 9 atom stereocenters. The molecule has 2 aromatic rings. The number of rotatable bonds is 10. The summed E-state index contributed by atoms with van der Waals surface area (Å²) in [6.07, 6.45) is -7.45. The van der Waals surface area contributed by atoms with E-state index in [9.17, 15) is 25.2 Å². The smallest absolute Gasteiger partial charge is 0.310 e. The first-order valence-corrected chi connectivity index (χ1v) is 15.1. The number of hydrogen-bond donors (Lipinski definition) is 4. The number of ether oxygens (including phenoxy) is 8. The molecule has 0 bridgehead atoms. The number of methoxy groups -OCH3 is 2. The number of benzene rings is 2. The van der Waals surface area contributed by atoms with Gasteiger partial charge in [0.1, 0.15) is 24.4 Å². The van der Waals surface area contributed by atoms with Crippen LogP contribution in [0.2, 0.25) is 0 Å². The fourth-order valence-electron chi connectivity index (χ4n) is 6.63. The van der Waals surface area contributed by atoms with E-state index in [-0.39, 0.29) is 13.4 Å². The number of aliphatic hydroxyl groups is 4. The number of cyclic esters (lactones) is 1. The lowest BCUT2D eigenvalue weighted by Gasteiger charge is -2.44. The summed E-state index contributed by atoms with van der Waals surface area (Å²) in [5.41, 5.74) is 2.03. The van der Waals surface area contributed by atoms with Gasteiger partial charge in [-0.2, -0.15) is 0 Å². The Bertz CT molecular complexity index is 1370. The van der Waals surface area contributed by atoms with Crippen LogP contribution in [0.4, 0.5) is 0 Å². The van der Waals surface area contributed by atoms with Gasteiger partial charge in [0, 0.05) is 11.8 Å². The Labute approximate surface area is 260 Å². The molecular formula is C32H40O13. The van der Waals surface area contributed by atoms with Gasteiger partial charge in [-0.1, -0.05) is 13.8 Å². The molecule has 4 N–H and O–H groups in total.